The lowest BCUT2D eigenvalue weighted by atomic mass is 10.2. The average molecular weight is 238 g/mol. The van der Waals surface area contributed by atoms with E-state index < -0.39 is 0 Å². The maximum absolute atomic E-state index is 13.6. The van der Waals surface area contributed by atoms with Gasteiger partial charge in [0, 0.05) is 12.1 Å². The first-order chi connectivity index (χ1) is 8.00. The highest BCUT2D eigenvalue weighted by atomic mass is 19.1. The van der Waals surface area contributed by atoms with E-state index in [9.17, 15) is 4.39 Å². The minimum Gasteiger partial charge on any atom is -0.384 e. The number of amidine groups is 1. The lowest BCUT2D eigenvalue weighted by Gasteiger charge is -2.11. The topological polar surface area (TPSA) is 65.1 Å². The molecule has 0 unspecified atom stereocenters. The second-order valence-electron chi connectivity index (χ2n) is 4.19. The molecule has 4 nitrogen and oxygen atoms in total. The van der Waals surface area contributed by atoms with Gasteiger partial charge in [-0.05, 0) is 45.3 Å². The SMILES string of the molecule is CN(C)CCCNc1ccc(C(=N)N)cc1F. The highest BCUT2D eigenvalue weighted by Crippen LogP contribution is 2.15. The Bertz CT molecular complexity index is 390. The molecule has 1 aromatic carbocycles. The Morgan fingerprint density at radius 2 is 2.18 bits per heavy atom. The van der Waals surface area contributed by atoms with Crippen LogP contribution in [0.3, 0.4) is 0 Å². The van der Waals surface area contributed by atoms with Crippen molar-refractivity contribution >= 4 is 11.5 Å². The number of benzene rings is 1. The molecule has 5 heteroatoms. The van der Waals surface area contributed by atoms with Crippen LogP contribution in [0, 0.1) is 11.2 Å². The lowest BCUT2D eigenvalue weighted by Crippen LogP contribution is -2.17. The number of halogens is 1. The van der Waals surface area contributed by atoms with Crippen molar-refractivity contribution in [2.24, 2.45) is 5.73 Å². The molecule has 0 radical (unpaired) electrons. The standard InChI is InChI=1S/C12H19FN4/c1-17(2)7-3-6-16-11-5-4-9(12(14)15)8-10(11)13/h4-5,8,16H,3,6-7H2,1-2H3,(H3,14,15). The molecule has 0 aromatic heterocycles. The molecule has 0 heterocycles. The van der Waals surface area contributed by atoms with Gasteiger partial charge in [0.25, 0.3) is 0 Å². The third kappa shape index (κ3) is 4.40. The van der Waals surface area contributed by atoms with Gasteiger partial charge < -0.3 is 16.0 Å². The zero-order chi connectivity index (χ0) is 12.8. The summed E-state index contributed by atoms with van der Waals surface area (Å²) < 4.78 is 13.6. The smallest absolute Gasteiger partial charge is 0.147 e. The summed E-state index contributed by atoms with van der Waals surface area (Å²) in [6, 6.07) is 4.53. The van der Waals surface area contributed by atoms with Crippen LogP contribution in [0.25, 0.3) is 0 Å². The molecule has 0 aliphatic carbocycles. The van der Waals surface area contributed by atoms with Crippen LogP contribution in [0.15, 0.2) is 18.2 Å². The Morgan fingerprint density at radius 3 is 2.71 bits per heavy atom. The van der Waals surface area contributed by atoms with Crippen molar-refractivity contribution in [1.29, 1.82) is 5.41 Å². The number of rotatable bonds is 6. The van der Waals surface area contributed by atoms with E-state index in [2.05, 4.69) is 10.2 Å². The summed E-state index contributed by atoms with van der Waals surface area (Å²) in [6.07, 6.45) is 0.945. The van der Waals surface area contributed by atoms with Crippen LogP contribution in [0.2, 0.25) is 0 Å². The van der Waals surface area contributed by atoms with Crippen molar-refractivity contribution in [1.82, 2.24) is 4.90 Å². The molecule has 94 valence electrons. The Kier molecular flexibility index (Phi) is 4.90. The highest BCUT2D eigenvalue weighted by Gasteiger charge is 2.04. The van der Waals surface area contributed by atoms with Crippen LogP contribution >= 0.6 is 0 Å². The molecule has 0 aliphatic rings. The zero-order valence-electron chi connectivity index (χ0n) is 10.3. The normalized spacial score (nSPS) is 10.6. The summed E-state index contributed by atoms with van der Waals surface area (Å²) in [6.45, 7) is 1.68. The van der Waals surface area contributed by atoms with E-state index in [4.69, 9.17) is 11.1 Å². The third-order valence-corrected chi connectivity index (χ3v) is 2.38. The second-order valence-corrected chi connectivity index (χ2v) is 4.19. The summed E-state index contributed by atoms with van der Waals surface area (Å²) in [5.41, 5.74) is 6.13. The molecule has 1 rings (SSSR count). The maximum Gasteiger partial charge on any atom is 0.147 e. The monoisotopic (exact) mass is 238 g/mol. The molecule has 0 atom stereocenters. The first-order valence-electron chi connectivity index (χ1n) is 5.53. The van der Waals surface area contributed by atoms with Crippen molar-refractivity contribution < 1.29 is 4.39 Å². The van der Waals surface area contributed by atoms with Crippen molar-refractivity contribution in [3.8, 4) is 0 Å². The zero-order valence-corrected chi connectivity index (χ0v) is 10.3. The van der Waals surface area contributed by atoms with Gasteiger partial charge in [-0.1, -0.05) is 0 Å². The molecule has 0 spiro atoms. The number of nitrogen functional groups attached to an aromatic ring is 1. The van der Waals surface area contributed by atoms with Gasteiger partial charge in [-0.15, -0.1) is 0 Å². The van der Waals surface area contributed by atoms with Gasteiger partial charge in [0.15, 0.2) is 0 Å². The van der Waals surface area contributed by atoms with Crippen molar-refractivity contribution in [3.05, 3.63) is 29.6 Å². The van der Waals surface area contributed by atoms with Crippen molar-refractivity contribution in [2.75, 3.05) is 32.5 Å². The fourth-order valence-corrected chi connectivity index (χ4v) is 1.44. The van der Waals surface area contributed by atoms with E-state index in [1.807, 2.05) is 14.1 Å². The van der Waals surface area contributed by atoms with E-state index in [0.29, 0.717) is 17.8 Å². The first-order valence-corrected chi connectivity index (χ1v) is 5.53. The van der Waals surface area contributed by atoms with Gasteiger partial charge in [0.2, 0.25) is 0 Å². The van der Waals surface area contributed by atoms with Crippen LogP contribution in [-0.4, -0.2) is 37.9 Å². The Hall–Kier alpha value is -1.62. The van der Waals surface area contributed by atoms with E-state index >= 15 is 0 Å². The minimum atomic E-state index is -0.373. The van der Waals surface area contributed by atoms with Crippen LogP contribution in [0.1, 0.15) is 12.0 Å². The molecule has 0 saturated heterocycles. The van der Waals surface area contributed by atoms with E-state index in [-0.39, 0.29) is 11.7 Å². The Balaban J connectivity index is 2.52. The summed E-state index contributed by atoms with van der Waals surface area (Å²) in [5, 5.41) is 10.2. The quantitative estimate of drug-likeness (QED) is 0.399. The molecular weight excluding hydrogens is 219 g/mol. The predicted molar refractivity (Wildman–Crippen MR) is 69.1 cm³/mol. The molecule has 0 saturated carbocycles. The minimum absolute atomic E-state index is 0.122. The molecule has 0 amide bonds. The number of nitrogens with two attached hydrogens (primary N) is 1. The molecule has 0 fully saturated rings. The third-order valence-electron chi connectivity index (χ3n) is 2.38. The number of nitrogens with one attached hydrogen (secondary N) is 2. The van der Waals surface area contributed by atoms with E-state index in [1.165, 1.54) is 6.07 Å². The van der Waals surface area contributed by atoms with Gasteiger partial charge in [-0.25, -0.2) is 4.39 Å². The second kappa shape index (κ2) is 6.20. The largest absolute Gasteiger partial charge is 0.384 e. The Morgan fingerprint density at radius 1 is 1.47 bits per heavy atom. The fourth-order valence-electron chi connectivity index (χ4n) is 1.44. The van der Waals surface area contributed by atoms with E-state index in [1.54, 1.807) is 12.1 Å². The molecule has 0 aliphatic heterocycles. The van der Waals surface area contributed by atoms with Gasteiger partial charge in [0.1, 0.15) is 11.7 Å². The fraction of sp³-hybridized carbons (Fsp3) is 0.417. The first kappa shape index (κ1) is 13.4. The van der Waals surface area contributed by atoms with Gasteiger partial charge >= 0.3 is 0 Å². The average Bonchev–Trinajstić information content (AvgIpc) is 2.25. The van der Waals surface area contributed by atoms with Crippen molar-refractivity contribution in [3.63, 3.8) is 0 Å². The number of hydrogen-bond acceptors (Lipinski definition) is 3. The predicted octanol–water partition coefficient (Wildman–Crippen LogP) is 1.47. The van der Waals surface area contributed by atoms with Crippen LogP contribution in [0.5, 0.6) is 0 Å². The van der Waals surface area contributed by atoms with Crippen LogP contribution < -0.4 is 11.1 Å². The highest BCUT2D eigenvalue weighted by molar-refractivity contribution is 5.95. The molecule has 4 N–H and O–H groups in total. The summed E-state index contributed by atoms with van der Waals surface area (Å²) in [4.78, 5) is 2.08. The van der Waals surface area contributed by atoms with Crippen molar-refractivity contribution in [2.45, 2.75) is 6.42 Å². The molecule has 17 heavy (non-hydrogen) atoms. The molecule has 0 bridgehead atoms. The van der Waals surface area contributed by atoms with Crippen LogP contribution in [0.4, 0.5) is 10.1 Å². The van der Waals surface area contributed by atoms with Gasteiger partial charge in [0.05, 0.1) is 5.69 Å². The van der Waals surface area contributed by atoms with Gasteiger partial charge in [-0.3, -0.25) is 5.41 Å². The lowest BCUT2D eigenvalue weighted by molar-refractivity contribution is 0.405. The summed E-state index contributed by atoms with van der Waals surface area (Å²) in [5.74, 6) is -0.495. The summed E-state index contributed by atoms with van der Waals surface area (Å²) >= 11 is 0. The number of hydrogen-bond donors (Lipinski definition) is 3. The maximum atomic E-state index is 13.6. The van der Waals surface area contributed by atoms with E-state index in [0.717, 1.165) is 13.0 Å². The number of anilines is 1. The molecule has 1 aromatic rings. The molecular formula is C12H19FN4. The van der Waals surface area contributed by atoms with Gasteiger partial charge in [-0.2, -0.15) is 0 Å². The van der Waals surface area contributed by atoms with Crippen LogP contribution in [-0.2, 0) is 0 Å². The number of nitrogens with zero attached hydrogens (tertiary/aromatic N) is 1. The Labute approximate surface area is 101 Å². The summed E-state index contributed by atoms with van der Waals surface area (Å²) in [7, 11) is 4.00.